The maximum absolute atomic E-state index is 10.9. The highest BCUT2D eigenvalue weighted by molar-refractivity contribution is 8.13. The van der Waals surface area contributed by atoms with Crippen molar-refractivity contribution in [3.8, 4) is 0 Å². The summed E-state index contributed by atoms with van der Waals surface area (Å²) in [6.45, 7) is 1.73. The fourth-order valence-corrected chi connectivity index (χ4v) is 1.78. The van der Waals surface area contributed by atoms with Gasteiger partial charge in [0.05, 0.1) is 4.90 Å². The van der Waals surface area contributed by atoms with Crippen molar-refractivity contribution in [3.05, 3.63) is 29.8 Å². The molecule has 0 radical (unpaired) electrons. The summed E-state index contributed by atoms with van der Waals surface area (Å²) in [7, 11) is 1.46. The Morgan fingerprint density at radius 3 is 2.14 bits per heavy atom. The van der Waals surface area contributed by atoms with Gasteiger partial charge in [-0.05, 0) is 17.7 Å². The van der Waals surface area contributed by atoms with Gasteiger partial charge in [-0.25, -0.2) is 8.42 Å². The quantitative estimate of drug-likeness (QED) is 0.591. The molecule has 1 aromatic carbocycles. The first-order valence-corrected chi connectivity index (χ1v) is 6.26. The average molecular weight is 233 g/mol. The molecule has 0 bridgehead atoms. The van der Waals surface area contributed by atoms with E-state index in [4.69, 9.17) is 10.7 Å². The fourth-order valence-electron chi connectivity index (χ4n) is 1.01. The van der Waals surface area contributed by atoms with E-state index in [1.807, 2.05) is 0 Å². The molecule has 0 aliphatic carbocycles. The number of aldehydes is 1. The highest BCUT2D eigenvalue weighted by Gasteiger charge is 2.10. The van der Waals surface area contributed by atoms with Gasteiger partial charge in [0.25, 0.3) is 9.05 Å². The fraction of sp³-hybridized carbons (Fsp3) is 0.222. The van der Waals surface area contributed by atoms with E-state index in [9.17, 15) is 13.2 Å². The zero-order chi connectivity index (χ0) is 10.8. The molecule has 0 N–H and O–H groups in total. The van der Waals surface area contributed by atoms with Crippen LogP contribution in [-0.4, -0.2) is 14.7 Å². The molecule has 1 aromatic rings. The lowest BCUT2D eigenvalue weighted by Gasteiger charge is -2.03. The van der Waals surface area contributed by atoms with Gasteiger partial charge in [-0.1, -0.05) is 19.1 Å². The number of hydrogen-bond acceptors (Lipinski definition) is 3. The van der Waals surface area contributed by atoms with Crippen LogP contribution < -0.4 is 0 Å². The van der Waals surface area contributed by atoms with Crippen molar-refractivity contribution < 1.29 is 13.2 Å². The minimum atomic E-state index is -3.67. The van der Waals surface area contributed by atoms with E-state index >= 15 is 0 Å². The molecule has 0 saturated heterocycles. The van der Waals surface area contributed by atoms with Crippen molar-refractivity contribution in [2.75, 3.05) is 0 Å². The van der Waals surface area contributed by atoms with Crippen LogP contribution in [0.2, 0.25) is 0 Å². The van der Waals surface area contributed by atoms with E-state index in [0.29, 0.717) is 0 Å². The van der Waals surface area contributed by atoms with Gasteiger partial charge < -0.3 is 4.79 Å². The second-order valence-corrected chi connectivity index (χ2v) is 5.50. The first-order valence-electron chi connectivity index (χ1n) is 3.95. The van der Waals surface area contributed by atoms with Crippen LogP contribution in [0.4, 0.5) is 0 Å². The molecule has 5 heteroatoms. The van der Waals surface area contributed by atoms with Crippen molar-refractivity contribution in [2.24, 2.45) is 0 Å². The lowest BCUT2D eigenvalue weighted by atomic mass is 10.0. The molecule has 0 amide bonds. The van der Waals surface area contributed by atoms with Gasteiger partial charge in [-0.2, -0.15) is 0 Å². The summed E-state index contributed by atoms with van der Waals surface area (Å²) in [6.07, 6.45) is 0.796. The standard InChI is InChI=1S/C9H9ClO3S/c1-7(6-11)8-2-4-9(5-3-8)14(10,12)13/h2-7H,1H3. The SMILES string of the molecule is CC(C=O)c1ccc(S(=O)(=O)Cl)cc1. The van der Waals surface area contributed by atoms with Gasteiger partial charge in [-0.3, -0.25) is 0 Å². The van der Waals surface area contributed by atoms with Crippen molar-refractivity contribution in [1.82, 2.24) is 0 Å². The van der Waals surface area contributed by atoms with Crippen molar-refractivity contribution in [1.29, 1.82) is 0 Å². The Kier molecular flexibility index (Phi) is 3.29. The number of rotatable bonds is 3. The predicted octanol–water partition coefficient (Wildman–Crippen LogP) is 1.92. The van der Waals surface area contributed by atoms with Crippen molar-refractivity contribution in [2.45, 2.75) is 17.7 Å². The zero-order valence-corrected chi connectivity index (χ0v) is 9.05. The highest BCUT2D eigenvalue weighted by atomic mass is 35.7. The Labute approximate surface area is 87.1 Å². The lowest BCUT2D eigenvalue weighted by Crippen LogP contribution is -1.96. The molecule has 0 aromatic heterocycles. The molecule has 1 atom stereocenters. The third kappa shape index (κ3) is 2.56. The molecule has 1 rings (SSSR count). The van der Waals surface area contributed by atoms with Crippen LogP contribution in [0.1, 0.15) is 18.4 Å². The summed E-state index contributed by atoms with van der Waals surface area (Å²) in [6, 6.07) is 5.93. The topological polar surface area (TPSA) is 51.2 Å². The summed E-state index contributed by atoms with van der Waals surface area (Å²) in [5, 5.41) is 0. The Balaban J connectivity index is 3.07. The van der Waals surface area contributed by atoms with Crippen LogP contribution in [0.3, 0.4) is 0 Å². The van der Waals surface area contributed by atoms with Crippen LogP contribution >= 0.6 is 10.7 Å². The van der Waals surface area contributed by atoms with E-state index < -0.39 is 9.05 Å². The Morgan fingerprint density at radius 1 is 1.29 bits per heavy atom. The molecular formula is C9H9ClO3S. The third-order valence-electron chi connectivity index (χ3n) is 1.89. The molecule has 1 unspecified atom stereocenters. The number of carbonyl (C=O) groups is 1. The van der Waals surface area contributed by atoms with Gasteiger partial charge in [-0.15, -0.1) is 0 Å². The summed E-state index contributed by atoms with van der Waals surface area (Å²) in [5.74, 6) is -0.234. The molecule has 0 fully saturated rings. The third-order valence-corrected chi connectivity index (χ3v) is 3.26. The first-order chi connectivity index (χ1) is 6.45. The number of benzene rings is 1. The summed E-state index contributed by atoms with van der Waals surface area (Å²) < 4.78 is 21.8. The van der Waals surface area contributed by atoms with Crippen LogP contribution in [0.5, 0.6) is 0 Å². The number of carbonyl (C=O) groups excluding carboxylic acids is 1. The zero-order valence-electron chi connectivity index (χ0n) is 7.48. The molecule has 3 nitrogen and oxygen atoms in total. The van der Waals surface area contributed by atoms with E-state index in [-0.39, 0.29) is 10.8 Å². The largest absolute Gasteiger partial charge is 0.303 e. The van der Waals surface area contributed by atoms with Gasteiger partial charge in [0.1, 0.15) is 6.29 Å². The van der Waals surface area contributed by atoms with Crippen molar-refractivity contribution >= 4 is 26.0 Å². The van der Waals surface area contributed by atoms with Crippen LogP contribution in [0.15, 0.2) is 29.2 Å². The second kappa shape index (κ2) is 4.11. The van der Waals surface area contributed by atoms with Gasteiger partial charge >= 0.3 is 0 Å². The molecule has 76 valence electrons. The maximum Gasteiger partial charge on any atom is 0.261 e. The molecule has 0 spiro atoms. The number of hydrogen-bond donors (Lipinski definition) is 0. The van der Waals surface area contributed by atoms with Gasteiger partial charge in [0, 0.05) is 16.6 Å². The summed E-state index contributed by atoms with van der Waals surface area (Å²) in [5.41, 5.74) is 0.768. The Hall–Kier alpha value is -0.870. The summed E-state index contributed by atoms with van der Waals surface area (Å²) in [4.78, 5) is 10.5. The van der Waals surface area contributed by atoms with Crippen LogP contribution in [0.25, 0.3) is 0 Å². The Morgan fingerprint density at radius 2 is 1.79 bits per heavy atom. The lowest BCUT2D eigenvalue weighted by molar-refractivity contribution is -0.108. The minimum absolute atomic E-state index is 0.0426. The molecule has 0 aliphatic rings. The minimum Gasteiger partial charge on any atom is -0.303 e. The van der Waals surface area contributed by atoms with E-state index in [1.54, 1.807) is 19.1 Å². The molecule has 0 heterocycles. The van der Waals surface area contributed by atoms with Crippen molar-refractivity contribution in [3.63, 3.8) is 0 Å². The average Bonchev–Trinajstić information content (AvgIpc) is 2.15. The number of halogens is 1. The molecule has 0 saturated carbocycles. The van der Waals surface area contributed by atoms with Crippen LogP contribution in [-0.2, 0) is 13.8 Å². The summed E-state index contributed by atoms with van der Waals surface area (Å²) >= 11 is 0. The molecule has 14 heavy (non-hydrogen) atoms. The molecular weight excluding hydrogens is 224 g/mol. The van der Waals surface area contributed by atoms with Crippen LogP contribution in [0, 0.1) is 0 Å². The van der Waals surface area contributed by atoms with Gasteiger partial charge in [0.2, 0.25) is 0 Å². The second-order valence-electron chi connectivity index (χ2n) is 2.93. The van der Waals surface area contributed by atoms with E-state index in [0.717, 1.165) is 11.8 Å². The monoisotopic (exact) mass is 232 g/mol. The Bertz CT molecular complexity index is 422. The first kappa shape index (κ1) is 11.2. The van der Waals surface area contributed by atoms with E-state index in [1.165, 1.54) is 12.1 Å². The molecule has 0 aliphatic heterocycles. The maximum atomic E-state index is 10.9. The van der Waals surface area contributed by atoms with E-state index in [2.05, 4.69) is 0 Å². The predicted molar refractivity (Wildman–Crippen MR) is 54.0 cm³/mol. The smallest absolute Gasteiger partial charge is 0.261 e. The van der Waals surface area contributed by atoms with Gasteiger partial charge in [0.15, 0.2) is 0 Å². The highest BCUT2D eigenvalue weighted by Crippen LogP contribution is 2.18. The normalized spacial score (nSPS) is 13.6.